The second-order valence-electron chi connectivity index (χ2n) is 3.50. The van der Waals surface area contributed by atoms with E-state index in [1.165, 1.54) is 11.4 Å². The van der Waals surface area contributed by atoms with Gasteiger partial charge < -0.3 is 10.2 Å². The van der Waals surface area contributed by atoms with Crippen molar-refractivity contribution in [2.45, 2.75) is 0 Å². The molecule has 2 aromatic rings. The van der Waals surface area contributed by atoms with Crippen molar-refractivity contribution in [3.63, 3.8) is 0 Å². The Morgan fingerprint density at radius 2 is 1.83 bits per heavy atom. The molecule has 2 rings (SSSR count). The number of benzene rings is 1. The summed E-state index contributed by atoms with van der Waals surface area (Å²) in [5.74, 6) is -2.86. The number of hydrogen-bond donors (Lipinski definition) is 2. The number of carboxylic acid groups (broad SMARTS) is 2. The highest BCUT2D eigenvalue weighted by atomic mass is 32.1. The summed E-state index contributed by atoms with van der Waals surface area (Å²) in [6.45, 7) is 0. The van der Waals surface area contributed by atoms with Crippen molar-refractivity contribution in [3.8, 4) is 11.1 Å². The van der Waals surface area contributed by atoms with Gasteiger partial charge in [0.25, 0.3) is 0 Å². The molecule has 6 heteroatoms. The van der Waals surface area contributed by atoms with Gasteiger partial charge in [0.1, 0.15) is 10.7 Å². The Kier molecular flexibility index (Phi) is 3.12. The van der Waals surface area contributed by atoms with Crippen LogP contribution < -0.4 is 0 Å². The minimum absolute atomic E-state index is 0.0638. The fourth-order valence-electron chi connectivity index (χ4n) is 1.53. The molecule has 18 heavy (non-hydrogen) atoms. The normalized spacial score (nSPS) is 10.3. The van der Waals surface area contributed by atoms with E-state index in [2.05, 4.69) is 0 Å². The lowest BCUT2D eigenvalue weighted by Crippen LogP contribution is -1.99. The zero-order valence-electron chi connectivity index (χ0n) is 8.88. The fourth-order valence-corrected chi connectivity index (χ4v) is 2.28. The van der Waals surface area contributed by atoms with Crippen LogP contribution in [-0.2, 0) is 0 Å². The Morgan fingerprint density at radius 1 is 1.11 bits per heavy atom. The monoisotopic (exact) mass is 266 g/mol. The van der Waals surface area contributed by atoms with Crippen molar-refractivity contribution in [1.82, 2.24) is 0 Å². The summed E-state index contributed by atoms with van der Waals surface area (Å²) in [5.41, 5.74) is 0.492. The third-order valence-corrected chi connectivity index (χ3v) is 3.25. The molecule has 0 aliphatic carbocycles. The third-order valence-electron chi connectivity index (χ3n) is 2.33. The van der Waals surface area contributed by atoms with Crippen LogP contribution in [0.3, 0.4) is 0 Å². The molecular weight excluding hydrogens is 259 g/mol. The van der Waals surface area contributed by atoms with Crippen molar-refractivity contribution in [2.75, 3.05) is 0 Å². The van der Waals surface area contributed by atoms with Gasteiger partial charge in [0.2, 0.25) is 0 Å². The molecule has 2 N–H and O–H groups in total. The van der Waals surface area contributed by atoms with E-state index in [4.69, 9.17) is 10.2 Å². The summed E-state index contributed by atoms with van der Waals surface area (Å²) < 4.78 is 13.2. The molecule has 0 fully saturated rings. The van der Waals surface area contributed by atoms with E-state index < -0.39 is 17.8 Å². The smallest absolute Gasteiger partial charge is 0.345 e. The molecule has 1 aromatic carbocycles. The maximum absolute atomic E-state index is 13.2. The van der Waals surface area contributed by atoms with E-state index in [-0.39, 0.29) is 16.0 Å². The summed E-state index contributed by atoms with van der Waals surface area (Å²) in [7, 11) is 0. The van der Waals surface area contributed by atoms with Crippen molar-refractivity contribution < 1.29 is 24.2 Å². The molecule has 0 aliphatic rings. The maximum Gasteiger partial charge on any atom is 0.345 e. The van der Waals surface area contributed by atoms with E-state index in [9.17, 15) is 14.0 Å². The van der Waals surface area contributed by atoms with Gasteiger partial charge in [0.05, 0.1) is 5.56 Å². The van der Waals surface area contributed by atoms with Crippen LogP contribution in [0.25, 0.3) is 11.1 Å². The first-order valence-corrected chi connectivity index (χ1v) is 5.72. The minimum Gasteiger partial charge on any atom is -0.478 e. The number of thiophene rings is 1. The molecule has 0 saturated heterocycles. The first kappa shape index (κ1) is 12.3. The fraction of sp³-hybridized carbons (Fsp3) is 0. The molecule has 0 saturated carbocycles. The van der Waals surface area contributed by atoms with Crippen LogP contribution in [0.15, 0.2) is 29.6 Å². The quantitative estimate of drug-likeness (QED) is 0.895. The van der Waals surface area contributed by atoms with E-state index in [0.717, 1.165) is 29.5 Å². The lowest BCUT2D eigenvalue weighted by Gasteiger charge is -2.03. The number of halogens is 1. The maximum atomic E-state index is 13.2. The van der Waals surface area contributed by atoms with E-state index >= 15 is 0 Å². The SMILES string of the molecule is O=C(O)c1cc(-c2cc(F)ccc2C(=O)O)cs1. The largest absolute Gasteiger partial charge is 0.478 e. The van der Waals surface area contributed by atoms with Crippen molar-refractivity contribution in [2.24, 2.45) is 0 Å². The van der Waals surface area contributed by atoms with Crippen molar-refractivity contribution in [3.05, 3.63) is 45.9 Å². The van der Waals surface area contributed by atoms with Gasteiger partial charge in [0, 0.05) is 0 Å². The van der Waals surface area contributed by atoms with Crippen LogP contribution >= 0.6 is 11.3 Å². The Labute approximate surface area is 105 Å². The standard InChI is InChI=1S/C12H7FO4S/c13-7-1-2-8(11(14)15)9(4-7)6-3-10(12(16)17)18-5-6/h1-5H,(H,14,15)(H,16,17). The molecule has 0 bridgehead atoms. The zero-order chi connectivity index (χ0) is 13.3. The number of aromatic carboxylic acids is 2. The first-order valence-electron chi connectivity index (χ1n) is 4.84. The highest BCUT2D eigenvalue weighted by molar-refractivity contribution is 7.12. The third kappa shape index (κ3) is 2.23. The van der Waals surface area contributed by atoms with Crippen LogP contribution in [0.4, 0.5) is 4.39 Å². The van der Waals surface area contributed by atoms with Gasteiger partial charge in [0.15, 0.2) is 0 Å². The van der Waals surface area contributed by atoms with Crippen LogP contribution in [0.2, 0.25) is 0 Å². The number of rotatable bonds is 3. The summed E-state index contributed by atoms with van der Waals surface area (Å²) in [5, 5.41) is 19.3. The van der Waals surface area contributed by atoms with Gasteiger partial charge in [-0.05, 0) is 40.8 Å². The summed E-state index contributed by atoms with van der Waals surface area (Å²) in [4.78, 5) is 21.8. The second-order valence-corrected chi connectivity index (χ2v) is 4.41. The van der Waals surface area contributed by atoms with Crippen LogP contribution in [0, 0.1) is 5.82 Å². The predicted molar refractivity (Wildman–Crippen MR) is 63.6 cm³/mol. The predicted octanol–water partition coefficient (Wildman–Crippen LogP) is 2.95. The second kappa shape index (κ2) is 4.58. The Bertz CT molecular complexity index is 633. The number of carboxylic acids is 2. The molecule has 4 nitrogen and oxygen atoms in total. The number of carbonyl (C=O) groups is 2. The average Bonchev–Trinajstić information content (AvgIpc) is 2.77. The average molecular weight is 266 g/mol. The van der Waals surface area contributed by atoms with Gasteiger partial charge in [-0.25, -0.2) is 14.0 Å². The molecule has 0 unspecified atom stereocenters. The molecule has 0 atom stereocenters. The van der Waals surface area contributed by atoms with E-state index in [1.54, 1.807) is 0 Å². The van der Waals surface area contributed by atoms with Gasteiger partial charge in [-0.1, -0.05) is 0 Å². The van der Waals surface area contributed by atoms with Gasteiger partial charge in [-0.3, -0.25) is 0 Å². The lowest BCUT2D eigenvalue weighted by molar-refractivity contribution is 0.0689. The molecule has 0 amide bonds. The van der Waals surface area contributed by atoms with Crippen molar-refractivity contribution in [1.29, 1.82) is 0 Å². The Morgan fingerprint density at radius 3 is 2.39 bits per heavy atom. The molecule has 92 valence electrons. The summed E-state index contributed by atoms with van der Waals surface area (Å²) >= 11 is 0.964. The first-order chi connectivity index (χ1) is 8.49. The van der Waals surface area contributed by atoms with E-state index in [1.807, 2.05) is 0 Å². The molecule has 0 spiro atoms. The summed E-state index contributed by atoms with van der Waals surface area (Å²) in [6, 6.07) is 4.62. The lowest BCUT2D eigenvalue weighted by atomic mass is 10.0. The highest BCUT2D eigenvalue weighted by Gasteiger charge is 2.15. The Balaban J connectivity index is 2.57. The summed E-state index contributed by atoms with van der Waals surface area (Å²) in [6.07, 6.45) is 0. The topological polar surface area (TPSA) is 74.6 Å². The van der Waals surface area contributed by atoms with Crippen molar-refractivity contribution >= 4 is 23.3 Å². The number of hydrogen-bond acceptors (Lipinski definition) is 3. The van der Waals surface area contributed by atoms with Gasteiger partial charge >= 0.3 is 11.9 Å². The molecular formula is C12H7FO4S. The van der Waals surface area contributed by atoms with Crippen LogP contribution in [0.1, 0.15) is 20.0 Å². The zero-order valence-corrected chi connectivity index (χ0v) is 9.70. The van der Waals surface area contributed by atoms with Crippen LogP contribution in [-0.4, -0.2) is 22.2 Å². The molecule has 1 aromatic heterocycles. The minimum atomic E-state index is -1.19. The molecule has 0 aliphatic heterocycles. The van der Waals surface area contributed by atoms with Crippen LogP contribution in [0.5, 0.6) is 0 Å². The Hall–Kier alpha value is -2.21. The van der Waals surface area contributed by atoms with Gasteiger partial charge in [-0.15, -0.1) is 11.3 Å². The molecule has 1 heterocycles. The molecule has 0 radical (unpaired) electrons. The highest BCUT2D eigenvalue weighted by Crippen LogP contribution is 2.29. The van der Waals surface area contributed by atoms with Gasteiger partial charge in [-0.2, -0.15) is 0 Å². The van der Waals surface area contributed by atoms with E-state index in [0.29, 0.717) is 5.56 Å².